The average Bonchev–Trinajstić information content (AvgIpc) is 2.92. The van der Waals surface area contributed by atoms with Gasteiger partial charge in [-0.3, -0.25) is 4.79 Å². The van der Waals surface area contributed by atoms with Crippen molar-refractivity contribution < 1.29 is 9.53 Å². The molecule has 1 fully saturated rings. The molecule has 104 valence electrons. The van der Waals surface area contributed by atoms with Gasteiger partial charge in [-0.1, -0.05) is 6.07 Å². The molecule has 4 nitrogen and oxygen atoms in total. The van der Waals surface area contributed by atoms with E-state index < -0.39 is 0 Å². The molecule has 0 aromatic heterocycles. The van der Waals surface area contributed by atoms with Gasteiger partial charge in [0.05, 0.1) is 6.61 Å². The summed E-state index contributed by atoms with van der Waals surface area (Å²) in [6.45, 7) is 6.30. The summed E-state index contributed by atoms with van der Waals surface area (Å²) in [5, 5.41) is 3.25. The van der Waals surface area contributed by atoms with Crippen LogP contribution in [0.3, 0.4) is 0 Å². The number of nitrogens with zero attached hydrogens (tertiary/aromatic N) is 1. The highest BCUT2D eigenvalue weighted by Crippen LogP contribution is 2.19. The zero-order chi connectivity index (χ0) is 13.7. The molecule has 1 heterocycles. The highest BCUT2D eigenvalue weighted by atomic mass is 16.5. The van der Waals surface area contributed by atoms with Crippen LogP contribution in [-0.2, 0) is 4.79 Å². The fourth-order valence-corrected chi connectivity index (χ4v) is 2.37. The topological polar surface area (TPSA) is 41.6 Å². The van der Waals surface area contributed by atoms with Gasteiger partial charge in [-0.2, -0.15) is 0 Å². The van der Waals surface area contributed by atoms with Crippen LogP contribution in [0, 0.1) is 0 Å². The van der Waals surface area contributed by atoms with Crippen molar-refractivity contribution in [1.82, 2.24) is 4.90 Å². The van der Waals surface area contributed by atoms with E-state index >= 15 is 0 Å². The third kappa shape index (κ3) is 3.63. The SMILES string of the molecule is CCOc1cccc(NC(C)C(=O)N2CCCC2)c1. The van der Waals surface area contributed by atoms with Gasteiger partial charge in [-0.25, -0.2) is 0 Å². The van der Waals surface area contributed by atoms with Gasteiger partial charge >= 0.3 is 0 Å². The van der Waals surface area contributed by atoms with Crippen molar-refractivity contribution in [3.8, 4) is 5.75 Å². The summed E-state index contributed by atoms with van der Waals surface area (Å²) in [4.78, 5) is 14.1. The fraction of sp³-hybridized carbons (Fsp3) is 0.533. The molecule has 1 saturated heterocycles. The molecule has 0 saturated carbocycles. The lowest BCUT2D eigenvalue weighted by atomic mass is 10.2. The van der Waals surface area contributed by atoms with Gasteiger partial charge < -0.3 is 15.0 Å². The standard InChI is InChI=1S/C15H22N2O2/c1-3-19-14-8-6-7-13(11-14)16-12(2)15(18)17-9-4-5-10-17/h6-8,11-12,16H,3-5,9-10H2,1-2H3. The largest absolute Gasteiger partial charge is 0.494 e. The molecule has 1 amide bonds. The lowest BCUT2D eigenvalue weighted by Crippen LogP contribution is -2.39. The number of nitrogens with one attached hydrogen (secondary N) is 1. The Hall–Kier alpha value is -1.71. The van der Waals surface area contributed by atoms with Crippen LogP contribution in [0.15, 0.2) is 24.3 Å². The van der Waals surface area contributed by atoms with Crippen molar-refractivity contribution in [1.29, 1.82) is 0 Å². The molecule has 0 aliphatic carbocycles. The number of likely N-dealkylation sites (tertiary alicyclic amines) is 1. The van der Waals surface area contributed by atoms with Crippen LogP contribution in [0.4, 0.5) is 5.69 Å². The Morgan fingerprint density at radius 2 is 2.16 bits per heavy atom. The molecule has 2 rings (SSSR count). The molecular weight excluding hydrogens is 240 g/mol. The number of carbonyl (C=O) groups is 1. The number of rotatable bonds is 5. The van der Waals surface area contributed by atoms with E-state index in [0.29, 0.717) is 6.61 Å². The first-order chi connectivity index (χ1) is 9.20. The zero-order valence-corrected chi connectivity index (χ0v) is 11.7. The molecule has 1 atom stereocenters. The molecule has 1 aliphatic heterocycles. The predicted molar refractivity (Wildman–Crippen MR) is 76.5 cm³/mol. The minimum atomic E-state index is -0.199. The van der Waals surface area contributed by atoms with Gasteiger partial charge in [0.15, 0.2) is 0 Å². The number of carbonyl (C=O) groups excluding carboxylic acids is 1. The summed E-state index contributed by atoms with van der Waals surface area (Å²) in [6.07, 6.45) is 2.25. The minimum Gasteiger partial charge on any atom is -0.494 e. The summed E-state index contributed by atoms with van der Waals surface area (Å²) in [5.74, 6) is 1.01. The van der Waals surface area contributed by atoms with E-state index in [4.69, 9.17) is 4.74 Å². The molecule has 1 N–H and O–H groups in total. The number of anilines is 1. The van der Waals surface area contributed by atoms with Gasteiger partial charge in [-0.15, -0.1) is 0 Å². The van der Waals surface area contributed by atoms with Crippen LogP contribution in [0.5, 0.6) is 5.75 Å². The average molecular weight is 262 g/mol. The normalized spacial score (nSPS) is 16.2. The third-order valence-corrected chi connectivity index (χ3v) is 3.32. The van der Waals surface area contributed by atoms with Crippen molar-refractivity contribution in [2.75, 3.05) is 25.0 Å². The molecule has 1 aromatic carbocycles. The molecule has 0 radical (unpaired) electrons. The number of benzene rings is 1. The van der Waals surface area contributed by atoms with Crippen molar-refractivity contribution in [2.45, 2.75) is 32.7 Å². The summed E-state index contributed by atoms with van der Waals surface area (Å²) in [7, 11) is 0. The first kappa shape index (κ1) is 13.7. The molecule has 4 heteroatoms. The molecule has 19 heavy (non-hydrogen) atoms. The Morgan fingerprint density at radius 3 is 2.84 bits per heavy atom. The van der Waals surface area contributed by atoms with E-state index in [1.165, 1.54) is 0 Å². The van der Waals surface area contributed by atoms with E-state index in [2.05, 4.69) is 5.32 Å². The smallest absolute Gasteiger partial charge is 0.244 e. The van der Waals surface area contributed by atoms with E-state index in [-0.39, 0.29) is 11.9 Å². The van der Waals surface area contributed by atoms with Crippen molar-refractivity contribution in [3.63, 3.8) is 0 Å². The number of hydrogen-bond acceptors (Lipinski definition) is 3. The number of hydrogen-bond donors (Lipinski definition) is 1. The van der Waals surface area contributed by atoms with E-state index in [9.17, 15) is 4.79 Å². The molecule has 1 aromatic rings. The second-order valence-corrected chi connectivity index (χ2v) is 4.86. The van der Waals surface area contributed by atoms with E-state index in [0.717, 1.165) is 37.4 Å². The maximum atomic E-state index is 12.2. The van der Waals surface area contributed by atoms with Crippen molar-refractivity contribution >= 4 is 11.6 Å². The monoisotopic (exact) mass is 262 g/mol. The summed E-state index contributed by atoms with van der Waals surface area (Å²) in [6, 6.07) is 7.53. The quantitative estimate of drug-likeness (QED) is 0.886. The van der Waals surface area contributed by atoms with Crippen LogP contribution in [0.2, 0.25) is 0 Å². The molecular formula is C15H22N2O2. The summed E-state index contributed by atoms with van der Waals surface area (Å²) < 4.78 is 5.45. The Morgan fingerprint density at radius 1 is 1.42 bits per heavy atom. The van der Waals surface area contributed by atoms with Gasteiger partial charge in [0.2, 0.25) is 5.91 Å². The summed E-state index contributed by atoms with van der Waals surface area (Å²) >= 11 is 0. The van der Waals surface area contributed by atoms with E-state index in [1.54, 1.807) is 0 Å². The maximum absolute atomic E-state index is 12.2. The van der Waals surface area contributed by atoms with Crippen molar-refractivity contribution in [2.24, 2.45) is 0 Å². The zero-order valence-electron chi connectivity index (χ0n) is 11.7. The molecule has 1 unspecified atom stereocenters. The molecule has 1 aliphatic rings. The van der Waals surface area contributed by atoms with Crippen LogP contribution in [-0.4, -0.2) is 36.5 Å². The first-order valence-electron chi connectivity index (χ1n) is 6.99. The Balaban J connectivity index is 1.95. The third-order valence-electron chi connectivity index (χ3n) is 3.32. The summed E-state index contributed by atoms with van der Waals surface area (Å²) in [5.41, 5.74) is 0.922. The number of amides is 1. The molecule has 0 bridgehead atoms. The van der Waals surface area contributed by atoms with Crippen LogP contribution in [0.1, 0.15) is 26.7 Å². The van der Waals surface area contributed by atoms with Crippen LogP contribution >= 0.6 is 0 Å². The van der Waals surface area contributed by atoms with Crippen LogP contribution in [0.25, 0.3) is 0 Å². The van der Waals surface area contributed by atoms with Gasteiger partial charge in [-0.05, 0) is 38.8 Å². The predicted octanol–water partition coefficient (Wildman–Crippen LogP) is 2.51. The van der Waals surface area contributed by atoms with Gasteiger partial charge in [0, 0.05) is 24.8 Å². The Bertz CT molecular complexity index is 428. The van der Waals surface area contributed by atoms with Gasteiger partial charge in [0.25, 0.3) is 0 Å². The Labute approximate surface area is 114 Å². The van der Waals surface area contributed by atoms with E-state index in [1.807, 2.05) is 43.0 Å². The second-order valence-electron chi connectivity index (χ2n) is 4.86. The highest BCUT2D eigenvalue weighted by molar-refractivity contribution is 5.84. The lowest BCUT2D eigenvalue weighted by Gasteiger charge is -2.22. The number of ether oxygens (including phenoxy) is 1. The Kier molecular flexibility index (Phi) is 4.66. The lowest BCUT2D eigenvalue weighted by molar-refractivity contribution is -0.130. The first-order valence-corrected chi connectivity index (χ1v) is 6.99. The fourth-order valence-electron chi connectivity index (χ4n) is 2.37. The van der Waals surface area contributed by atoms with Gasteiger partial charge in [0.1, 0.15) is 11.8 Å². The van der Waals surface area contributed by atoms with Crippen molar-refractivity contribution in [3.05, 3.63) is 24.3 Å². The second kappa shape index (κ2) is 6.45. The highest BCUT2D eigenvalue weighted by Gasteiger charge is 2.22. The minimum absolute atomic E-state index is 0.180. The maximum Gasteiger partial charge on any atom is 0.244 e. The van der Waals surface area contributed by atoms with Crippen LogP contribution < -0.4 is 10.1 Å². The molecule has 0 spiro atoms.